The first-order valence-electron chi connectivity index (χ1n) is 6.90. The molecule has 19 heavy (non-hydrogen) atoms. The molecule has 1 heterocycles. The van der Waals surface area contributed by atoms with Crippen LogP contribution in [0.15, 0.2) is 24.3 Å². The van der Waals surface area contributed by atoms with Gasteiger partial charge in [-0.05, 0) is 24.5 Å². The van der Waals surface area contributed by atoms with E-state index in [1.54, 1.807) is 4.90 Å². The molecule has 3 rings (SSSR count). The minimum Gasteiger partial charge on any atom is -0.352 e. The summed E-state index contributed by atoms with van der Waals surface area (Å²) in [7, 11) is 0. The maximum Gasteiger partial charge on any atom is 0.254 e. The average molecular weight is 258 g/mol. The number of hydrogen-bond acceptors (Lipinski definition) is 2. The van der Waals surface area contributed by atoms with Crippen molar-refractivity contribution in [2.45, 2.75) is 38.3 Å². The van der Waals surface area contributed by atoms with Gasteiger partial charge in [-0.1, -0.05) is 31.0 Å². The highest BCUT2D eigenvalue weighted by Gasteiger charge is 2.28. The Kier molecular flexibility index (Phi) is 3.23. The number of carbonyl (C=O) groups excluding carboxylic acids is 2. The van der Waals surface area contributed by atoms with E-state index >= 15 is 0 Å². The molecule has 4 nitrogen and oxygen atoms in total. The second-order valence-corrected chi connectivity index (χ2v) is 5.37. The fourth-order valence-electron chi connectivity index (χ4n) is 2.96. The fraction of sp³-hybridized carbons (Fsp3) is 0.467. The summed E-state index contributed by atoms with van der Waals surface area (Å²) >= 11 is 0. The molecule has 0 saturated heterocycles. The average Bonchev–Trinajstić information content (AvgIpc) is 3.00. The highest BCUT2D eigenvalue weighted by atomic mass is 16.2. The number of hydrogen-bond donors (Lipinski definition) is 1. The van der Waals surface area contributed by atoms with Gasteiger partial charge >= 0.3 is 0 Å². The monoisotopic (exact) mass is 258 g/mol. The maximum absolute atomic E-state index is 12.1. The summed E-state index contributed by atoms with van der Waals surface area (Å²) in [6.45, 7) is 0.719. The van der Waals surface area contributed by atoms with Crippen LogP contribution in [0.3, 0.4) is 0 Å². The molecule has 4 heteroatoms. The molecule has 1 fully saturated rings. The third-order valence-electron chi connectivity index (χ3n) is 3.95. The summed E-state index contributed by atoms with van der Waals surface area (Å²) in [5.41, 5.74) is 1.75. The van der Waals surface area contributed by atoms with E-state index in [0.717, 1.165) is 24.0 Å². The second kappa shape index (κ2) is 5.03. The lowest BCUT2D eigenvalue weighted by Gasteiger charge is -2.17. The lowest BCUT2D eigenvalue weighted by molar-refractivity contribution is -0.122. The van der Waals surface area contributed by atoms with Gasteiger partial charge in [0, 0.05) is 18.2 Å². The Hall–Kier alpha value is -1.84. The molecular formula is C15H18N2O2. The Balaban J connectivity index is 1.59. The Morgan fingerprint density at radius 1 is 1.26 bits per heavy atom. The maximum atomic E-state index is 12.1. The first-order chi connectivity index (χ1) is 9.24. The van der Waals surface area contributed by atoms with Gasteiger partial charge in [-0.15, -0.1) is 0 Å². The number of carbonyl (C=O) groups is 2. The molecule has 1 N–H and O–H groups in total. The van der Waals surface area contributed by atoms with Crippen LogP contribution < -0.4 is 5.32 Å². The minimum absolute atomic E-state index is 0.0304. The van der Waals surface area contributed by atoms with Gasteiger partial charge < -0.3 is 10.2 Å². The van der Waals surface area contributed by atoms with Crippen molar-refractivity contribution in [3.8, 4) is 0 Å². The van der Waals surface area contributed by atoms with Gasteiger partial charge in [-0.2, -0.15) is 0 Å². The van der Waals surface area contributed by atoms with Crippen LogP contribution in [-0.2, 0) is 11.3 Å². The molecule has 1 aromatic rings. The predicted octanol–water partition coefficient (Wildman–Crippen LogP) is 1.70. The van der Waals surface area contributed by atoms with Crippen LogP contribution in [0, 0.1) is 0 Å². The molecule has 0 aromatic heterocycles. The zero-order valence-electron chi connectivity index (χ0n) is 10.9. The standard InChI is InChI=1S/C15H18N2O2/c18-14(16-12-6-2-3-7-12)10-17-9-11-5-1-4-8-13(11)15(17)19/h1,4-5,8,12H,2-3,6-7,9-10H2,(H,16,18). The first-order valence-corrected chi connectivity index (χ1v) is 6.90. The zero-order valence-corrected chi connectivity index (χ0v) is 10.9. The van der Waals surface area contributed by atoms with Gasteiger partial charge in [-0.25, -0.2) is 0 Å². The number of fused-ring (bicyclic) bond motifs is 1. The van der Waals surface area contributed by atoms with Crippen molar-refractivity contribution in [2.75, 3.05) is 6.54 Å². The van der Waals surface area contributed by atoms with Crippen LogP contribution in [-0.4, -0.2) is 29.3 Å². The molecule has 1 aliphatic heterocycles. The zero-order chi connectivity index (χ0) is 13.2. The molecule has 1 saturated carbocycles. The number of rotatable bonds is 3. The molecule has 2 aliphatic rings. The van der Waals surface area contributed by atoms with Crippen molar-refractivity contribution in [3.63, 3.8) is 0 Å². The second-order valence-electron chi connectivity index (χ2n) is 5.37. The van der Waals surface area contributed by atoms with Crippen LogP contribution in [0.1, 0.15) is 41.6 Å². The highest BCUT2D eigenvalue weighted by Crippen LogP contribution is 2.22. The number of nitrogens with one attached hydrogen (secondary N) is 1. The number of nitrogens with zero attached hydrogens (tertiary/aromatic N) is 1. The van der Waals surface area contributed by atoms with Gasteiger partial charge in [0.15, 0.2) is 0 Å². The van der Waals surface area contributed by atoms with E-state index in [2.05, 4.69) is 5.32 Å². The SMILES string of the molecule is O=C(CN1Cc2ccccc2C1=O)NC1CCCC1. The lowest BCUT2D eigenvalue weighted by atomic mass is 10.1. The quantitative estimate of drug-likeness (QED) is 0.897. The highest BCUT2D eigenvalue weighted by molar-refractivity contribution is 6.00. The van der Waals surface area contributed by atoms with E-state index in [0.29, 0.717) is 12.6 Å². The summed E-state index contributed by atoms with van der Waals surface area (Å²) < 4.78 is 0. The Morgan fingerprint density at radius 3 is 2.74 bits per heavy atom. The predicted molar refractivity (Wildman–Crippen MR) is 71.6 cm³/mol. The van der Waals surface area contributed by atoms with Crippen molar-refractivity contribution in [1.82, 2.24) is 10.2 Å². The van der Waals surface area contributed by atoms with Gasteiger partial charge in [0.1, 0.15) is 6.54 Å². The van der Waals surface area contributed by atoms with Crippen LogP contribution in [0.2, 0.25) is 0 Å². The van der Waals surface area contributed by atoms with E-state index in [4.69, 9.17) is 0 Å². The van der Waals surface area contributed by atoms with E-state index in [-0.39, 0.29) is 18.4 Å². The number of benzene rings is 1. The minimum atomic E-state index is -0.0342. The Morgan fingerprint density at radius 2 is 2.00 bits per heavy atom. The summed E-state index contributed by atoms with van der Waals surface area (Å²) in [5, 5.41) is 3.02. The molecule has 0 spiro atoms. The largest absolute Gasteiger partial charge is 0.352 e. The third kappa shape index (κ3) is 2.48. The lowest BCUT2D eigenvalue weighted by Crippen LogP contribution is -2.41. The summed E-state index contributed by atoms with van der Waals surface area (Å²) in [5.74, 6) is -0.0646. The van der Waals surface area contributed by atoms with E-state index in [1.165, 1.54) is 12.8 Å². The van der Waals surface area contributed by atoms with E-state index in [1.807, 2.05) is 24.3 Å². The fourth-order valence-corrected chi connectivity index (χ4v) is 2.96. The third-order valence-corrected chi connectivity index (χ3v) is 3.95. The molecule has 0 atom stereocenters. The van der Waals surface area contributed by atoms with Gasteiger partial charge in [0.25, 0.3) is 5.91 Å². The molecule has 0 radical (unpaired) electrons. The smallest absolute Gasteiger partial charge is 0.254 e. The molecule has 100 valence electrons. The number of amides is 2. The van der Waals surface area contributed by atoms with Crippen LogP contribution in [0.5, 0.6) is 0 Å². The molecule has 1 aromatic carbocycles. The topological polar surface area (TPSA) is 49.4 Å². The van der Waals surface area contributed by atoms with Crippen molar-refractivity contribution in [3.05, 3.63) is 35.4 Å². The van der Waals surface area contributed by atoms with Crippen molar-refractivity contribution < 1.29 is 9.59 Å². The molecule has 2 amide bonds. The molecular weight excluding hydrogens is 240 g/mol. The van der Waals surface area contributed by atoms with Crippen LogP contribution >= 0.6 is 0 Å². The van der Waals surface area contributed by atoms with Crippen molar-refractivity contribution >= 4 is 11.8 Å². The molecule has 1 aliphatic carbocycles. The van der Waals surface area contributed by atoms with E-state index in [9.17, 15) is 9.59 Å². The summed E-state index contributed by atoms with van der Waals surface area (Å²) in [6, 6.07) is 7.87. The molecule has 0 unspecified atom stereocenters. The summed E-state index contributed by atoms with van der Waals surface area (Å²) in [6.07, 6.45) is 4.53. The van der Waals surface area contributed by atoms with Crippen molar-refractivity contribution in [1.29, 1.82) is 0 Å². The summed E-state index contributed by atoms with van der Waals surface area (Å²) in [4.78, 5) is 25.7. The first kappa shape index (κ1) is 12.2. The Bertz CT molecular complexity index is 507. The van der Waals surface area contributed by atoms with Gasteiger partial charge in [0.05, 0.1) is 0 Å². The van der Waals surface area contributed by atoms with Gasteiger partial charge in [-0.3, -0.25) is 9.59 Å². The normalized spacial score (nSPS) is 18.7. The van der Waals surface area contributed by atoms with Crippen LogP contribution in [0.25, 0.3) is 0 Å². The van der Waals surface area contributed by atoms with E-state index < -0.39 is 0 Å². The van der Waals surface area contributed by atoms with Gasteiger partial charge in [0.2, 0.25) is 5.91 Å². The Labute approximate surface area is 112 Å². The van der Waals surface area contributed by atoms with Crippen molar-refractivity contribution in [2.24, 2.45) is 0 Å². The molecule has 0 bridgehead atoms. The van der Waals surface area contributed by atoms with Crippen LogP contribution in [0.4, 0.5) is 0 Å².